The monoisotopic (exact) mass is 574 g/mol. The lowest BCUT2D eigenvalue weighted by atomic mass is 9.84. The van der Waals surface area contributed by atoms with Crippen molar-refractivity contribution in [3.8, 4) is 33.4 Å². The Labute approximate surface area is 264 Å². The Morgan fingerprint density at radius 2 is 0.795 bits per heavy atom. The zero-order chi connectivity index (χ0) is 30.1. The Balaban J connectivity index is 1.49. The van der Waals surface area contributed by atoms with Gasteiger partial charge in [-0.2, -0.15) is 0 Å². The summed E-state index contributed by atoms with van der Waals surface area (Å²) in [5.41, 5.74) is 10.7. The fraction of sp³-hybridized carbons (Fsp3) is 0.273. The number of hydrogen-bond donors (Lipinski definition) is 0. The summed E-state index contributed by atoms with van der Waals surface area (Å²) in [5, 5.41) is 5.28. The molecule has 0 aliphatic rings. The van der Waals surface area contributed by atoms with Gasteiger partial charge < -0.3 is 0 Å². The number of benzene rings is 6. The molecule has 0 saturated heterocycles. The number of hydrogen-bond acceptors (Lipinski definition) is 0. The molecule has 222 valence electrons. The van der Waals surface area contributed by atoms with Crippen LogP contribution in [0, 0.1) is 0 Å². The van der Waals surface area contributed by atoms with Gasteiger partial charge in [-0.25, -0.2) is 0 Å². The van der Waals surface area contributed by atoms with Gasteiger partial charge in [0.25, 0.3) is 0 Å². The Kier molecular flexibility index (Phi) is 9.88. The Bertz CT molecular complexity index is 1790. The van der Waals surface area contributed by atoms with E-state index < -0.39 is 0 Å². The smallest absolute Gasteiger partial charge is 0.00262 e. The molecule has 0 radical (unpaired) electrons. The first kappa shape index (κ1) is 29.9. The Morgan fingerprint density at radius 1 is 0.341 bits per heavy atom. The summed E-state index contributed by atoms with van der Waals surface area (Å²) in [6.45, 7) is 4.56. The van der Waals surface area contributed by atoms with Gasteiger partial charge in [-0.3, -0.25) is 0 Å². The van der Waals surface area contributed by atoms with Gasteiger partial charge in [0.2, 0.25) is 0 Å². The van der Waals surface area contributed by atoms with Gasteiger partial charge >= 0.3 is 0 Å². The summed E-state index contributed by atoms with van der Waals surface area (Å²) < 4.78 is 0. The maximum atomic E-state index is 2.43. The van der Waals surface area contributed by atoms with Crippen LogP contribution < -0.4 is 0 Å². The van der Waals surface area contributed by atoms with E-state index in [1.165, 1.54) is 117 Å². The van der Waals surface area contributed by atoms with Crippen molar-refractivity contribution in [3.63, 3.8) is 0 Å². The van der Waals surface area contributed by atoms with Gasteiger partial charge in [-0.1, -0.05) is 168 Å². The second-order valence-electron chi connectivity index (χ2n) is 12.4. The van der Waals surface area contributed by atoms with E-state index in [0.717, 1.165) is 12.8 Å². The number of rotatable bonds is 13. The Morgan fingerprint density at radius 3 is 1.32 bits per heavy atom. The highest BCUT2D eigenvalue weighted by Crippen LogP contribution is 2.45. The molecule has 0 atom stereocenters. The number of fused-ring (bicyclic) bond motifs is 2. The molecule has 0 amide bonds. The quantitative estimate of drug-likeness (QED) is 0.0950. The lowest BCUT2D eigenvalue weighted by Crippen LogP contribution is -1.93. The zero-order valence-corrected chi connectivity index (χ0v) is 26.6. The normalized spacial score (nSPS) is 11.4. The minimum Gasteiger partial charge on any atom is -0.0654 e. The van der Waals surface area contributed by atoms with Crippen LogP contribution in [0.1, 0.15) is 76.3 Å². The van der Waals surface area contributed by atoms with Crippen LogP contribution in [-0.2, 0) is 12.8 Å². The molecule has 0 bridgehead atoms. The number of unbranched alkanes of at least 4 members (excludes halogenated alkanes) is 6. The van der Waals surface area contributed by atoms with E-state index in [2.05, 4.69) is 135 Å². The van der Waals surface area contributed by atoms with Gasteiger partial charge in [0.05, 0.1) is 0 Å². The predicted octanol–water partition coefficient (Wildman–Crippen LogP) is 13.2. The first-order chi connectivity index (χ1) is 21.8. The summed E-state index contributed by atoms with van der Waals surface area (Å²) in [6.07, 6.45) is 12.7. The largest absolute Gasteiger partial charge is 0.0654 e. The molecular formula is C44H46. The minimum atomic E-state index is 1.16. The Hall–Kier alpha value is -4.16. The van der Waals surface area contributed by atoms with E-state index in [4.69, 9.17) is 0 Å². The summed E-state index contributed by atoms with van der Waals surface area (Å²) >= 11 is 0. The van der Waals surface area contributed by atoms with Crippen LogP contribution >= 0.6 is 0 Å². The molecule has 0 nitrogen and oxygen atoms in total. The summed E-state index contributed by atoms with van der Waals surface area (Å²) in [7, 11) is 0. The average Bonchev–Trinajstić information content (AvgIpc) is 3.08. The maximum Gasteiger partial charge on any atom is -0.00262 e. The fourth-order valence-corrected chi connectivity index (χ4v) is 6.80. The highest BCUT2D eigenvalue weighted by atomic mass is 14.2. The van der Waals surface area contributed by atoms with E-state index >= 15 is 0 Å². The maximum absolute atomic E-state index is 2.43. The second-order valence-corrected chi connectivity index (χ2v) is 12.4. The van der Waals surface area contributed by atoms with Crippen molar-refractivity contribution in [2.24, 2.45) is 0 Å². The highest BCUT2D eigenvalue weighted by molar-refractivity contribution is 6.21. The lowest BCUT2D eigenvalue weighted by molar-refractivity contribution is 0.667. The van der Waals surface area contributed by atoms with Crippen molar-refractivity contribution in [3.05, 3.63) is 132 Å². The first-order valence-corrected chi connectivity index (χ1v) is 17.0. The van der Waals surface area contributed by atoms with Crippen molar-refractivity contribution in [2.75, 3.05) is 0 Å². The van der Waals surface area contributed by atoms with Crippen molar-refractivity contribution in [1.29, 1.82) is 0 Å². The predicted molar refractivity (Wildman–Crippen MR) is 193 cm³/mol. The van der Waals surface area contributed by atoms with Crippen LogP contribution in [0.4, 0.5) is 0 Å². The van der Waals surface area contributed by atoms with E-state index in [-0.39, 0.29) is 0 Å². The molecule has 6 aromatic rings. The van der Waals surface area contributed by atoms with Gasteiger partial charge in [0.15, 0.2) is 0 Å². The zero-order valence-electron chi connectivity index (χ0n) is 26.6. The van der Waals surface area contributed by atoms with Crippen LogP contribution in [0.15, 0.2) is 121 Å². The summed E-state index contributed by atoms with van der Waals surface area (Å²) in [5.74, 6) is 0. The van der Waals surface area contributed by atoms with E-state index in [0.29, 0.717) is 0 Å². The van der Waals surface area contributed by atoms with E-state index in [1.54, 1.807) is 0 Å². The van der Waals surface area contributed by atoms with Crippen LogP contribution in [0.5, 0.6) is 0 Å². The lowest BCUT2D eigenvalue weighted by Gasteiger charge is -2.19. The van der Waals surface area contributed by atoms with Gasteiger partial charge in [-0.05, 0) is 97.8 Å². The molecule has 0 heterocycles. The summed E-state index contributed by atoms with van der Waals surface area (Å²) in [4.78, 5) is 0. The third-order valence-electron chi connectivity index (χ3n) is 9.25. The molecule has 0 spiro atoms. The molecule has 0 fully saturated rings. The third-order valence-corrected chi connectivity index (χ3v) is 9.25. The van der Waals surface area contributed by atoms with Crippen LogP contribution in [-0.4, -0.2) is 0 Å². The molecule has 0 aliphatic carbocycles. The highest BCUT2D eigenvalue weighted by Gasteiger charge is 2.17. The molecule has 0 heteroatoms. The van der Waals surface area contributed by atoms with E-state index in [9.17, 15) is 0 Å². The van der Waals surface area contributed by atoms with Crippen LogP contribution in [0.3, 0.4) is 0 Å². The van der Waals surface area contributed by atoms with Crippen molar-refractivity contribution in [2.45, 2.75) is 78.1 Å². The van der Waals surface area contributed by atoms with Crippen LogP contribution in [0.2, 0.25) is 0 Å². The number of aryl methyl sites for hydroxylation is 2. The third kappa shape index (κ3) is 6.66. The first-order valence-electron chi connectivity index (χ1n) is 17.0. The van der Waals surface area contributed by atoms with Gasteiger partial charge in [0.1, 0.15) is 0 Å². The average molecular weight is 575 g/mol. The second kappa shape index (κ2) is 14.5. The van der Waals surface area contributed by atoms with Gasteiger partial charge in [-0.15, -0.1) is 0 Å². The molecule has 0 saturated carbocycles. The van der Waals surface area contributed by atoms with E-state index in [1.807, 2.05) is 0 Å². The topological polar surface area (TPSA) is 0 Å². The summed E-state index contributed by atoms with van der Waals surface area (Å²) in [6, 6.07) is 45.8. The molecule has 0 aliphatic heterocycles. The molecule has 6 rings (SSSR count). The molecule has 0 unspecified atom stereocenters. The molecule has 0 N–H and O–H groups in total. The van der Waals surface area contributed by atoms with Crippen molar-refractivity contribution < 1.29 is 0 Å². The minimum absolute atomic E-state index is 1.16. The van der Waals surface area contributed by atoms with Gasteiger partial charge in [0, 0.05) is 0 Å². The fourth-order valence-electron chi connectivity index (χ4n) is 6.80. The standard InChI is InChI=1S/C44H46/c1-3-5-7-10-16-33-22-26-36(27-23-33)43-39-20-14-15-21-40(39)44(37-28-24-34(25-29-37)17-11-8-6-4-2)42-32-38(30-31-41(42)43)35-18-12-9-13-19-35/h9,12-15,18-32H,3-8,10-11,16-17H2,1-2H3. The van der Waals surface area contributed by atoms with Crippen molar-refractivity contribution >= 4 is 21.5 Å². The SMILES string of the molecule is CCCCCCc1ccc(-c2c3ccccc3c(-c3ccc(CCCCCC)cc3)c3cc(-c4ccccc4)ccc23)cc1. The molecule has 6 aromatic carbocycles. The van der Waals surface area contributed by atoms with Crippen molar-refractivity contribution in [1.82, 2.24) is 0 Å². The molecule has 0 aromatic heterocycles. The molecule has 44 heavy (non-hydrogen) atoms. The van der Waals surface area contributed by atoms with Crippen LogP contribution in [0.25, 0.3) is 54.9 Å². The molecular weight excluding hydrogens is 528 g/mol.